The Morgan fingerprint density at radius 3 is 2.30 bits per heavy atom. The number of alkyl halides is 2. The van der Waals surface area contributed by atoms with Crippen molar-refractivity contribution in [2.45, 2.75) is 115 Å². The van der Waals surface area contributed by atoms with Crippen molar-refractivity contribution in [2.24, 2.45) is 5.92 Å². The van der Waals surface area contributed by atoms with E-state index in [4.69, 9.17) is 0 Å². The fraction of sp³-hybridized carbons (Fsp3) is 0.690. The van der Waals surface area contributed by atoms with E-state index in [1.807, 2.05) is 18.2 Å². The lowest BCUT2D eigenvalue weighted by Gasteiger charge is -2.40. The molecule has 3 fully saturated rings. The van der Waals surface area contributed by atoms with Crippen LogP contribution in [0.15, 0.2) is 30.3 Å². The van der Waals surface area contributed by atoms with Crippen LogP contribution in [-0.2, 0) is 4.79 Å². The van der Waals surface area contributed by atoms with E-state index in [-0.39, 0.29) is 43.6 Å². The van der Waals surface area contributed by atoms with Gasteiger partial charge in [-0.1, -0.05) is 44.2 Å². The molecule has 4 atom stereocenters. The molecule has 1 amide bonds. The summed E-state index contributed by atoms with van der Waals surface area (Å²) in [5, 5.41) is 12.1. The Labute approximate surface area is 219 Å². The van der Waals surface area contributed by atoms with Gasteiger partial charge in [0.15, 0.2) is 0 Å². The predicted molar refractivity (Wildman–Crippen MR) is 139 cm³/mol. The number of nitrogens with zero attached hydrogens (tertiary/aromatic N) is 4. The molecule has 1 saturated carbocycles. The Morgan fingerprint density at radius 1 is 1.03 bits per heavy atom. The number of fused-ring (bicyclic) bond motifs is 2. The Morgan fingerprint density at radius 2 is 1.68 bits per heavy atom. The molecule has 37 heavy (non-hydrogen) atoms. The lowest BCUT2D eigenvalue weighted by Crippen LogP contribution is -2.45. The maximum Gasteiger partial charge on any atom is 0.248 e. The summed E-state index contributed by atoms with van der Waals surface area (Å²) in [6, 6.07) is 11.5. The third kappa shape index (κ3) is 5.74. The lowest BCUT2D eigenvalue weighted by molar-refractivity contribution is -0.130. The first-order valence-electron chi connectivity index (χ1n) is 14.1. The van der Waals surface area contributed by atoms with Gasteiger partial charge in [-0.2, -0.15) is 0 Å². The normalized spacial score (nSPS) is 26.9. The summed E-state index contributed by atoms with van der Waals surface area (Å²) in [6.45, 7) is 7.34. The minimum Gasteiger partial charge on any atom is -0.349 e. The highest BCUT2D eigenvalue weighted by molar-refractivity contribution is 5.79. The van der Waals surface area contributed by atoms with E-state index in [0.717, 1.165) is 43.0 Å². The smallest absolute Gasteiger partial charge is 0.248 e. The summed E-state index contributed by atoms with van der Waals surface area (Å²) in [7, 11) is 0. The van der Waals surface area contributed by atoms with Gasteiger partial charge < -0.3 is 9.88 Å². The zero-order valence-corrected chi connectivity index (χ0v) is 22.4. The number of aromatic nitrogens is 3. The van der Waals surface area contributed by atoms with E-state index >= 15 is 0 Å². The van der Waals surface area contributed by atoms with Crippen LogP contribution in [0.3, 0.4) is 0 Å². The van der Waals surface area contributed by atoms with Gasteiger partial charge in [0.1, 0.15) is 11.6 Å². The molecule has 0 radical (unpaired) electrons. The average molecular weight is 514 g/mol. The van der Waals surface area contributed by atoms with Crippen LogP contribution in [0, 0.1) is 12.8 Å². The van der Waals surface area contributed by atoms with E-state index in [9.17, 15) is 13.6 Å². The van der Waals surface area contributed by atoms with Crippen molar-refractivity contribution in [3.8, 4) is 0 Å². The van der Waals surface area contributed by atoms with Crippen LogP contribution in [-0.4, -0.2) is 50.1 Å². The van der Waals surface area contributed by atoms with E-state index in [2.05, 4.69) is 57.9 Å². The van der Waals surface area contributed by atoms with Crippen LogP contribution in [0.4, 0.5) is 8.78 Å². The maximum absolute atomic E-state index is 13.6. The van der Waals surface area contributed by atoms with Gasteiger partial charge in [0, 0.05) is 49.3 Å². The molecule has 6 nitrogen and oxygen atoms in total. The zero-order valence-electron chi connectivity index (χ0n) is 22.4. The number of rotatable bonds is 8. The van der Waals surface area contributed by atoms with E-state index < -0.39 is 5.92 Å². The fourth-order valence-corrected chi connectivity index (χ4v) is 6.93. The maximum atomic E-state index is 13.6. The third-order valence-corrected chi connectivity index (χ3v) is 8.92. The van der Waals surface area contributed by atoms with Gasteiger partial charge in [-0.3, -0.25) is 9.69 Å². The molecule has 2 bridgehead atoms. The summed E-state index contributed by atoms with van der Waals surface area (Å²) >= 11 is 0. The summed E-state index contributed by atoms with van der Waals surface area (Å²) in [4.78, 5) is 15.8. The SMILES string of the molecule is Cc1nnc(C(C)C)n1[C@H]1C[C@H]2CC[C@@H](C1)N2CC[C@H](NC(=O)C1CCC(F)(F)CC1)c1ccccc1. The number of piperidine rings is 1. The first-order valence-corrected chi connectivity index (χ1v) is 14.1. The van der Waals surface area contributed by atoms with Gasteiger partial charge in [-0.05, 0) is 57.4 Å². The number of carbonyl (C=O) groups is 1. The van der Waals surface area contributed by atoms with Crippen molar-refractivity contribution in [3.05, 3.63) is 47.5 Å². The molecular weight excluding hydrogens is 472 g/mol. The molecule has 1 aromatic carbocycles. The van der Waals surface area contributed by atoms with Crippen LogP contribution in [0.2, 0.25) is 0 Å². The standard InChI is InChI=1S/C29H41F2N5O/c1-19(2)27-34-33-20(3)36(27)25-17-23-9-10-24(18-25)35(23)16-13-26(21-7-5-4-6-8-21)32-28(37)22-11-14-29(30,31)15-12-22/h4-8,19,22-26H,9-18H2,1-3H3,(H,32,37)/t23-,24+,25+,26-/m0/s1. The highest BCUT2D eigenvalue weighted by atomic mass is 19.3. The summed E-state index contributed by atoms with van der Waals surface area (Å²) in [5.74, 6) is -0.572. The first kappa shape index (κ1) is 26.3. The minimum atomic E-state index is -2.62. The molecule has 2 aliphatic heterocycles. The monoisotopic (exact) mass is 513 g/mol. The van der Waals surface area contributed by atoms with Crippen molar-refractivity contribution in [3.63, 3.8) is 0 Å². The van der Waals surface area contributed by atoms with Crippen LogP contribution >= 0.6 is 0 Å². The minimum absolute atomic E-state index is 0.0738. The molecule has 1 aromatic heterocycles. The van der Waals surface area contributed by atoms with Crippen molar-refractivity contribution in [2.75, 3.05) is 6.54 Å². The highest BCUT2D eigenvalue weighted by Crippen LogP contribution is 2.42. The molecule has 2 aromatic rings. The Kier molecular flexibility index (Phi) is 7.66. The number of benzene rings is 1. The van der Waals surface area contributed by atoms with Gasteiger partial charge in [0.2, 0.25) is 11.8 Å². The number of hydrogen-bond acceptors (Lipinski definition) is 4. The van der Waals surface area contributed by atoms with Gasteiger partial charge in [0.25, 0.3) is 0 Å². The van der Waals surface area contributed by atoms with Gasteiger partial charge >= 0.3 is 0 Å². The van der Waals surface area contributed by atoms with Crippen LogP contribution in [0.1, 0.15) is 107 Å². The first-order chi connectivity index (χ1) is 17.7. The number of amides is 1. The van der Waals surface area contributed by atoms with Crippen LogP contribution in [0.5, 0.6) is 0 Å². The van der Waals surface area contributed by atoms with Crippen LogP contribution in [0.25, 0.3) is 0 Å². The second-order valence-corrected chi connectivity index (χ2v) is 11.8. The van der Waals surface area contributed by atoms with Crippen molar-refractivity contribution in [1.82, 2.24) is 25.0 Å². The summed E-state index contributed by atoms with van der Waals surface area (Å²) in [5.41, 5.74) is 1.08. The fourth-order valence-electron chi connectivity index (χ4n) is 6.93. The Balaban J connectivity index is 1.24. The third-order valence-electron chi connectivity index (χ3n) is 8.92. The van der Waals surface area contributed by atoms with E-state index in [1.165, 1.54) is 12.8 Å². The molecule has 8 heteroatoms. The molecule has 5 rings (SSSR count). The molecule has 0 spiro atoms. The number of aryl methyl sites for hydroxylation is 1. The Hall–Kier alpha value is -2.35. The van der Waals surface area contributed by atoms with Gasteiger partial charge in [0.05, 0.1) is 6.04 Å². The van der Waals surface area contributed by atoms with Gasteiger partial charge in [-0.15, -0.1) is 10.2 Å². The molecule has 202 valence electrons. The van der Waals surface area contributed by atoms with Gasteiger partial charge in [-0.25, -0.2) is 8.78 Å². The number of carbonyl (C=O) groups excluding carboxylic acids is 1. The van der Waals surface area contributed by atoms with Crippen LogP contribution < -0.4 is 5.32 Å². The van der Waals surface area contributed by atoms with Crippen molar-refractivity contribution >= 4 is 5.91 Å². The number of nitrogens with one attached hydrogen (secondary N) is 1. The Bertz CT molecular complexity index is 1050. The topological polar surface area (TPSA) is 63.1 Å². The molecule has 1 N–H and O–H groups in total. The highest BCUT2D eigenvalue weighted by Gasteiger charge is 2.42. The largest absolute Gasteiger partial charge is 0.349 e. The predicted octanol–water partition coefficient (Wildman–Crippen LogP) is 5.95. The van der Waals surface area contributed by atoms with Crippen molar-refractivity contribution in [1.29, 1.82) is 0 Å². The molecule has 0 unspecified atom stereocenters. The summed E-state index contributed by atoms with van der Waals surface area (Å²) < 4.78 is 29.6. The zero-order chi connectivity index (χ0) is 26.2. The molecule has 2 saturated heterocycles. The second-order valence-electron chi connectivity index (χ2n) is 11.8. The lowest BCUT2D eigenvalue weighted by atomic mass is 9.86. The average Bonchev–Trinajstić information content (AvgIpc) is 3.37. The molecular formula is C29H41F2N5O. The summed E-state index contributed by atoms with van der Waals surface area (Å²) in [6.07, 6.45) is 5.59. The van der Waals surface area contributed by atoms with E-state index in [0.29, 0.717) is 24.0 Å². The molecule has 1 aliphatic carbocycles. The molecule has 3 aliphatic rings. The molecule has 3 heterocycles. The van der Waals surface area contributed by atoms with E-state index in [1.54, 1.807) is 0 Å². The van der Waals surface area contributed by atoms with Crippen molar-refractivity contribution < 1.29 is 13.6 Å². The quantitative estimate of drug-likeness (QED) is 0.474. The number of hydrogen-bond donors (Lipinski definition) is 1. The second kappa shape index (κ2) is 10.8. The number of halogens is 2.